The number of ketones is 1. The molecule has 1 rings (SSSR count). The first-order valence-electron chi connectivity index (χ1n) is 7.58. The zero-order chi connectivity index (χ0) is 15.1. The van der Waals surface area contributed by atoms with E-state index in [1.807, 2.05) is 31.6 Å². The van der Waals surface area contributed by atoms with Gasteiger partial charge in [0.15, 0.2) is 0 Å². The Morgan fingerprint density at radius 3 is 2.21 bits per heavy atom. The molecule has 0 aliphatic heterocycles. The lowest BCUT2D eigenvalue weighted by Gasteiger charge is -1.98. The van der Waals surface area contributed by atoms with E-state index in [1.165, 1.54) is 6.42 Å². The second-order valence-corrected chi connectivity index (χ2v) is 4.03. The molecule has 0 saturated heterocycles. The molecule has 0 aromatic carbocycles. The SMILES string of the molecule is CC.CCC.CCC(=O)CCCn1cc(CC)nn1. The maximum absolute atomic E-state index is 11.0. The van der Waals surface area contributed by atoms with E-state index in [9.17, 15) is 4.79 Å². The summed E-state index contributed by atoms with van der Waals surface area (Å²) in [5, 5.41) is 7.95. The van der Waals surface area contributed by atoms with E-state index >= 15 is 0 Å². The van der Waals surface area contributed by atoms with Crippen LogP contribution in [0.2, 0.25) is 0 Å². The van der Waals surface area contributed by atoms with Gasteiger partial charge in [-0.3, -0.25) is 9.48 Å². The summed E-state index contributed by atoms with van der Waals surface area (Å²) in [6, 6.07) is 0. The van der Waals surface area contributed by atoms with Crippen LogP contribution >= 0.6 is 0 Å². The van der Waals surface area contributed by atoms with Gasteiger partial charge in [0, 0.05) is 25.6 Å². The highest BCUT2D eigenvalue weighted by molar-refractivity contribution is 5.77. The second kappa shape index (κ2) is 14.9. The van der Waals surface area contributed by atoms with E-state index in [0.29, 0.717) is 18.6 Å². The maximum atomic E-state index is 11.0. The molecular formula is C15H31N3O. The molecule has 0 atom stereocenters. The Labute approximate surface area is 118 Å². The number of hydrogen-bond donors (Lipinski definition) is 0. The quantitative estimate of drug-likeness (QED) is 0.783. The minimum absolute atomic E-state index is 0.320. The Hall–Kier alpha value is -1.19. The third-order valence-corrected chi connectivity index (χ3v) is 2.19. The zero-order valence-electron chi connectivity index (χ0n) is 13.6. The lowest BCUT2D eigenvalue weighted by molar-refractivity contribution is -0.118. The number of carbonyl (C=O) groups is 1. The van der Waals surface area contributed by atoms with Crippen molar-refractivity contribution < 1.29 is 4.79 Å². The van der Waals surface area contributed by atoms with Crippen molar-refractivity contribution in [2.45, 2.75) is 80.2 Å². The molecule has 4 heteroatoms. The van der Waals surface area contributed by atoms with E-state index in [-0.39, 0.29) is 0 Å². The molecule has 4 nitrogen and oxygen atoms in total. The highest BCUT2D eigenvalue weighted by Gasteiger charge is 2.00. The number of carbonyl (C=O) groups excluding carboxylic acids is 1. The van der Waals surface area contributed by atoms with Crippen LogP contribution in [-0.4, -0.2) is 20.8 Å². The van der Waals surface area contributed by atoms with E-state index in [0.717, 1.165) is 25.1 Å². The smallest absolute Gasteiger partial charge is 0.132 e. The van der Waals surface area contributed by atoms with Crippen LogP contribution < -0.4 is 0 Å². The largest absolute Gasteiger partial charge is 0.300 e. The highest BCUT2D eigenvalue weighted by Crippen LogP contribution is 1.99. The van der Waals surface area contributed by atoms with Crippen molar-refractivity contribution in [2.24, 2.45) is 0 Å². The minimum Gasteiger partial charge on any atom is -0.300 e. The predicted molar refractivity (Wildman–Crippen MR) is 81.2 cm³/mol. The van der Waals surface area contributed by atoms with Gasteiger partial charge < -0.3 is 0 Å². The normalized spacial score (nSPS) is 8.95. The third kappa shape index (κ3) is 11.6. The molecule has 0 unspecified atom stereocenters. The summed E-state index contributed by atoms with van der Waals surface area (Å²) in [5.74, 6) is 0.320. The van der Waals surface area contributed by atoms with Crippen molar-refractivity contribution >= 4 is 5.78 Å². The van der Waals surface area contributed by atoms with Gasteiger partial charge in [0.25, 0.3) is 0 Å². The van der Waals surface area contributed by atoms with Crippen LogP contribution in [0.4, 0.5) is 0 Å². The van der Waals surface area contributed by atoms with Crippen molar-refractivity contribution in [2.75, 3.05) is 0 Å². The van der Waals surface area contributed by atoms with Gasteiger partial charge >= 0.3 is 0 Å². The van der Waals surface area contributed by atoms with Crippen LogP contribution in [0.15, 0.2) is 6.20 Å². The van der Waals surface area contributed by atoms with Crippen molar-refractivity contribution in [3.8, 4) is 0 Å². The topological polar surface area (TPSA) is 47.8 Å². The van der Waals surface area contributed by atoms with Gasteiger partial charge in [-0.15, -0.1) is 5.10 Å². The zero-order valence-corrected chi connectivity index (χ0v) is 13.6. The summed E-state index contributed by atoms with van der Waals surface area (Å²) in [6.45, 7) is 13.0. The molecule has 19 heavy (non-hydrogen) atoms. The first kappa shape index (κ1) is 20.1. The average Bonchev–Trinajstić information content (AvgIpc) is 2.89. The van der Waals surface area contributed by atoms with Gasteiger partial charge in [0.2, 0.25) is 0 Å². The molecule has 0 amide bonds. The van der Waals surface area contributed by atoms with Crippen molar-refractivity contribution in [3.63, 3.8) is 0 Å². The number of nitrogens with zero attached hydrogens (tertiary/aromatic N) is 3. The van der Waals surface area contributed by atoms with Gasteiger partial charge in [-0.05, 0) is 12.8 Å². The molecule has 1 aromatic heterocycles. The Morgan fingerprint density at radius 1 is 1.21 bits per heavy atom. The van der Waals surface area contributed by atoms with E-state index in [1.54, 1.807) is 0 Å². The van der Waals surface area contributed by atoms with Crippen LogP contribution in [0.1, 0.15) is 72.9 Å². The Morgan fingerprint density at radius 2 is 1.79 bits per heavy atom. The highest BCUT2D eigenvalue weighted by atomic mass is 16.1. The number of Topliss-reactive ketones (excluding diaryl/α,β-unsaturated/α-hetero) is 1. The molecule has 0 N–H and O–H groups in total. The van der Waals surface area contributed by atoms with Gasteiger partial charge in [-0.1, -0.05) is 53.2 Å². The Balaban J connectivity index is 0. The summed E-state index contributed by atoms with van der Waals surface area (Å²) in [4.78, 5) is 11.0. The van der Waals surface area contributed by atoms with Crippen LogP contribution in [0.25, 0.3) is 0 Å². The fourth-order valence-corrected chi connectivity index (χ4v) is 1.22. The second-order valence-electron chi connectivity index (χ2n) is 4.03. The lowest BCUT2D eigenvalue weighted by Crippen LogP contribution is -2.02. The average molecular weight is 269 g/mol. The fourth-order valence-electron chi connectivity index (χ4n) is 1.22. The van der Waals surface area contributed by atoms with Crippen molar-refractivity contribution in [1.29, 1.82) is 0 Å². The van der Waals surface area contributed by atoms with Crippen LogP contribution in [0.5, 0.6) is 0 Å². The monoisotopic (exact) mass is 269 g/mol. The van der Waals surface area contributed by atoms with Crippen LogP contribution in [0, 0.1) is 0 Å². The van der Waals surface area contributed by atoms with Gasteiger partial charge in [-0.2, -0.15) is 0 Å². The number of aryl methyl sites for hydroxylation is 2. The summed E-state index contributed by atoms with van der Waals surface area (Å²) >= 11 is 0. The summed E-state index contributed by atoms with van der Waals surface area (Å²) in [5.41, 5.74) is 1.01. The van der Waals surface area contributed by atoms with Crippen LogP contribution in [0.3, 0.4) is 0 Å². The molecule has 1 heterocycles. The first-order chi connectivity index (χ1) is 9.17. The molecule has 0 spiro atoms. The molecule has 0 aliphatic carbocycles. The lowest BCUT2D eigenvalue weighted by atomic mass is 10.2. The molecule has 0 saturated carbocycles. The third-order valence-electron chi connectivity index (χ3n) is 2.19. The number of rotatable bonds is 6. The van der Waals surface area contributed by atoms with Gasteiger partial charge in [-0.25, -0.2) is 0 Å². The summed E-state index contributed by atoms with van der Waals surface area (Å²) < 4.78 is 1.81. The minimum atomic E-state index is 0.320. The van der Waals surface area contributed by atoms with E-state index < -0.39 is 0 Å². The molecular weight excluding hydrogens is 238 g/mol. The van der Waals surface area contributed by atoms with E-state index in [4.69, 9.17) is 0 Å². The molecule has 0 radical (unpaired) electrons. The van der Waals surface area contributed by atoms with Crippen LogP contribution in [-0.2, 0) is 17.8 Å². The molecule has 0 aliphatic rings. The number of aromatic nitrogens is 3. The molecule has 0 fully saturated rings. The standard InChI is InChI=1S/C10H17N3O.C3H8.C2H6/c1-3-9-8-13(12-11-9)7-5-6-10(14)4-2;1-3-2;1-2/h8H,3-7H2,1-2H3;3H2,1-2H3;1-2H3. The van der Waals surface area contributed by atoms with Gasteiger partial charge in [0.05, 0.1) is 5.69 Å². The molecule has 1 aromatic rings. The molecule has 0 bridgehead atoms. The first-order valence-corrected chi connectivity index (χ1v) is 7.58. The maximum Gasteiger partial charge on any atom is 0.132 e. The summed E-state index contributed by atoms with van der Waals surface area (Å²) in [7, 11) is 0. The summed E-state index contributed by atoms with van der Waals surface area (Å²) in [6.07, 6.45) is 6.25. The number of hydrogen-bond acceptors (Lipinski definition) is 3. The Kier molecular flexibility index (Phi) is 15.8. The van der Waals surface area contributed by atoms with E-state index in [2.05, 4.69) is 31.1 Å². The fraction of sp³-hybridized carbons (Fsp3) is 0.800. The Bertz CT molecular complexity index is 308. The van der Waals surface area contributed by atoms with Crippen molar-refractivity contribution in [3.05, 3.63) is 11.9 Å². The molecule has 112 valence electrons. The van der Waals surface area contributed by atoms with Gasteiger partial charge in [0.1, 0.15) is 5.78 Å². The van der Waals surface area contributed by atoms with Crippen molar-refractivity contribution in [1.82, 2.24) is 15.0 Å². The predicted octanol–water partition coefficient (Wildman–Crippen LogP) is 4.04.